The molecule has 0 aliphatic carbocycles. The molecule has 1 aliphatic heterocycles. The van der Waals surface area contributed by atoms with Gasteiger partial charge in [0.15, 0.2) is 0 Å². The Labute approximate surface area is 208 Å². The first-order valence-corrected chi connectivity index (χ1v) is 11.2. The van der Waals surface area contributed by atoms with Gasteiger partial charge in [0.05, 0.1) is 29.3 Å². The number of hydrogen-bond acceptors (Lipinski definition) is 3. The normalized spacial score (nSPS) is 15.0. The summed E-state index contributed by atoms with van der Waals surface area (Å²) in [6.07, 6.45) is 3.38. The lowest BCUT2D eigenvalue weighted by Crippen LogP contribution is -2.39. The lowest BCUT2D eigenvalue weighted by molar-refractivity contribution is -0.123. The van der Waals surface area contributed by atoms with Gasteiger partial charge in [0, 0.05) is 40.0 Å². The number of carbonyl (C=O) groups excluding carboxylic acids is 2. The molecule has 11 heteroatoms. The number of fused-ring (bicyclic) bond motifs is 1. The van der Waals surface area contributed by atoms with E-state index < -0.39 is 23.6 Å². The summed E-state index contributed by atoms with van der Waals surface area (Å²) in [5.74, 6) is -2.12. The molecule has 0 spiro atoms. The average Bonchev–Trinajstić information content (AvgIpc) is 3.37. The van der Waals surface area contributed by atoms with Crippen LogP contribution in [0, 0.1) is 11.6 Å². The summed E-state index contributed by atoms with van der Waals surface area (Å²) in [5, 5.41) is 10.1. The molecule has 2 N–H and O–H groups in total. The number of carbonyl (C=O) groups is 2. The summed E-state index contributed by atoms with van der Waals surface area (Å²) in [4.78, 5) is 25.7. The molecule has 2 aromatic heterocycles. The fraction of sp³-hybridized carbons (Fsp3) is 0.125. The van der Waals surface area contributed by atoms with Crippen LogP contribution in [-0.4, -0.2) is 26.2 Å². The van der Waals surface area contributed by atoms with Crippen LogP contribution in [0.15, 0.2) is 54.9 Å². The van der Waals surface area contributed by atoms with E-state index in [1.165, 1.54) is 24.3 Å². The number of anilines is 1. The number of halogens is 4. The smallest absolute Gasteiger partial charge is 0.255 e. The fourth-order valence-electron chi connectivity index (χ4n) is 4.20. The molecule has 0 fully saturated rings. The van der Waals surface area contributed by atoms with Gasteiger partial charge >= 0.3 is 0 Å². The molecule has 178 valence electrons. The summed E-state index contributed by atoms with van der Waals surface area (Å²) in [6.45, 7) is -0.0509. The highest BCUT2D eigenvalue weighted by Gasteiger charge is 2.33. The van der Waals surface area contributed by atoms with Gasteiger partial charge in [0.2, 0.25) is 5.91 Å². The van der Waals surface area contributed by atoms with Crippen molar-refractivity contribution >= 4 is 40.7 Å². The molecule has 0 bridgehead atoms. The second-order valence-corrected chi connectivity index (χ2v) is 8.94. The maximum atomic E-state index is 14.1. The number of hydrogen-bond donors (Lipinski definition) is 2. The molecule has 2 aromatic carbocycles. The molecular formula is C24H17Cl2F2N5O2. The molecular weight excluding hydrogens is 499 g/mol. The van der Waals surface area contributed by atoms with Crippen LogP contribution < -0.4 is 10.6 Å². The number of aromatic nitrogens is 3. The predicted octanol–water partition coefficient (Wildman–Crippen LogP) is 4.95. The average molecular weight is 516 g/mol. The van der Waals surface area contributed by atoms with Gasteiger partial charge in [-0.15, -0.1) is 0 Å². The van der Waals surface area contributed by atoms with Crippen molar-refractivity contribution in [3.8, 4) is 11.3 Å². The Morgan fingerprint density at radius 1 is 1.14 bits per heavy atom. The van der Waals surface area contributed by atoms with Gasteiger partial charge in [-0.3, -0.25) is 14.3 Å². The van der Waals surface area contributed by atoms with E-state index in [1.54, 1.807) is 34.8 Å². The quantitative estimate of drug-likeness (QED) is 0.403. The minimum absolute atomic E-state index is 0.0121. The van der Waals surface area contributed by atoms with Crippen molar-refractivity contribution in [2.45, 2.75) is 12.6 Å². The zero-order valence-electron chi connectivity index (χ0n) is 18.2. The first-order chi connectivity index (χ1) is 16.7. The summed E-state index contributed by atoms with van der Waals surface area (Å²) in [5.41, 5.74) is 2.44. The Bertz CT molecular complexity index is 1480. The van der Waals surface area contributed by atoms with E-state index in [4.69, 9.17) is 23.2 Å². The molecule has 5 rings (SSSR count). The third-order valence-electron chi connectivity index (χ3n) is 5.66. The van der Waals surface area contributed by atoms with E-state index in [1.807, 2.05) is 0 Å². The first-order valence-electron chi connectivity index (χ1n) is 10.4. The Balaban J connectivity index is 1.67. The van der Waals surface area contributed by atoms with Gasteiger partial charge in [0.25, 0.3) is 5.91 Å². The molecule has 0 saturated carbocycles. The molecule has 35 heavy (non-hydrogen) atoms. The molecule has 2 amide bonds. The van der Waals surface area contributed by atoms with E-state index in [9.17, 15) is 18.4 Å². The Hall–Kier alpha value is -3.69. The number of rotatable bonds is 4. The maximum absolute atomic E-state index is 14.1. The van der Waals surface area contributed by atoms with E-state index in [0.717, 1.165) is 12.1 Å². The summed E-state index contributed by atoms with van der Waals surface area (Å²) in [7, 11) is 1.75. The Kier molecular flexibility index (Phi) is 5.82. The Morgan fingerprint density at radius 3 is 2.66 bits per heavy atom. The third kappa shape index (κ3) is 4.40. The zero-order valence-corrected chi connectivity index (χ0v) is 19.7. The summed E-state index contributed by atoms with van der Waals surface area (Å²) < 4.78 is 31.3. The maximum Gasteiger partial charge on any atom is 0.255 e. The van der Waals surface area contributed by atoms with E-state index in [2.05, 4.69) is 15.7 Å². The van der Waals surface area contributed by atoms with E-state index >= 15 is 0 Å². The minimum Gasteiger partial charge on any atom is -0.342 e. The van der Waals surface area contributed by atoms with E-state index in [0.29, 0.717) is 28.2 Å². The summed E-state index contributed by atoms with van der Waals surface area (Å²) >= 11 is 12.3. The molecule has 0 saturated heterocycles. The van der Waals surface area contributed by atoms with Gasteiger partial charge in [-0.2, -0.15) is 5.10 Å². The highest BCUT2D eigenvalue weighted by molar-refractivity contribution is 6.31. The number of aryl methyl sites for hydroxylation is 1. The van der Waals surface area contributed by atoms with Crippen molar-refractivity contribution in [3.05, 3.63) is 93.4 Å². The SMILES string of the molecule is Cn1cc(-c2cc(NC(=O)c3cc(F)cc(Cl)c3)c3n2CC(=O)NC3c2cc(F)ccc2Cl)cn1. The second-order valence-electron chi connectivity index (χ2n) is 8.10. The van der Waals surface area contributed by atoms with Crippen molar-refractivity contribution in [3.63, 3.8) is 0 Å². The lowest BCUT2D eigenvalue weighted by atomic mass is 10.0. The molecule has 4 aromatic rings. The molecule has 1 unspecified atom stereocenters. The molecule has 7 nitrogen and oxygen atoms in total. The zero-order chi connectivity index (χ0) is 24.9. The molecule has 1 aliphatic rings. The predicted molar refractivity (Wildman–Crippen MR) is 127 cm³/mol. The fourth-order valence-corrected chi connectivity index (χ4v) is 4.65. The van der Waals surface area contributed by atoms with Gasteiger partial charge in [-0.05, 0) is 42.5 Å². The van der Waals surface area contributed by atoms with Crippen LogP contribution in [0.5, 0.6) is 0 Å². The van der Waals surface area contributed by atoms with Crippen LogP contribution in [0.25, 0.3) is 11.3 Å². The number of nitrogens with one attached hydrogen (secondary N) is 2. The van der Waals surface area contributed by atoms with Crippen LogP contribution in [0.3, 0.4) is 0 Å². The number of nitrogens with zero attached hydrogens (tertiary/aromatic N) is 3. The monoisotopic (exact) mass is 515 g/mol. The van der Waals surface area contributed by atoms with Crippen molar-refractivity contribution in [2.75, 3.05) is 5.32 Å². The van der Waals surface area contributed by atoms with Crippen LogP contribution in [-0.2, 0) is 18.4 Å². The van der Waals surface area contributed by atoms with Crippen molar-refractivity contribution in [1.29, 1.82) is 0 Å². The number of amides is 2. The second kappa shape index (κ2) is 8.83. The first kappa shape index (κ1) is 23.1. The highest BCUT2D eigenvalue weighted by atomic mass is 35.5. The topological polar surface area (TPSA) is 81.0 Å². The highest BCUT2D eigenvalue weighted by Crippen LogP contribution is 2.40. The summed E-state index contributed by atoms with van der Waals surface area (Å²) in [6, 6.07) is 8.17. The molecule has 0 radical (unpaired) electrons. The van der Waals surface area contributed by atoms with Gasteiger partial charge in [0.1, 0.15) is 18.2 Å². The van der Waals surface area contributed by atoms with Crippen molar-refractivity contribution in [1.82, 2.24) is 19.7 Å². The molecule has 1 atom stereocenters. The van der Waals surface area contributed by atoms with Crippen LogP contribution in [0.2, 0.25) is 10.0 Å². The van der Waals surface area contributed by atoms with E-state index in [-0.39, 0.29) is 28.1 Å². The third-order valence-corrected chi connectivity index (χ3v) is 6.22. The van der Waals surface area contributed by atoms with Crippen LogP contribution in [0.4, 0.5) is 14.5 Å². The lowest BCUT2D eigenvalue weighted by Gasteiger charge is -2.29. The van der Waals surface area contributed by atoms with Crippen LogP contribution >= 0.6 is 23.2 Å². The van der Waals surface area contributed by atoms with Crippen molar-refractivity contribution in [2.24, 2.45) is 7.05 Å². The van der Waals surface area contributed by atoms with Gasteiger partial charge < -0.3 is 15.2 Å². The minimum atomic E-state index is -0.865. The van der Waals surface area contributed by atoms with Gasteiger partial charge in [-0.25, -0.2) is 8.78 Å². The van der Waals surface area contributed by atoms with Crippen LogP contribution in [0.1, 0.15) is 27.7 Å². The molecule has 3 heterocycles. The standard InChI is InChI=1S/C24H17Cl2F2N5O2/c1-32-10-13(9-29-32)20-8-19(30-24(35)12-4-14(25)6-16(28)5-12)23-22(31-21(34)11-33(20)23)17-7-15(27)2-3-18(17)26/h2-10,22H,11H2,1H3,(H,30,35)(H,31,34). The van der Waals surface area contributed by atoms with Gasteiger partial charge in [-0.1, -0.05) is 23.2 Å². The number of benzene rings is 2. The largest absolute Gasteiger partial charge is 0.342 e. The van der Waals surface area contributed by atoms with Crippen molar-refractivity contribution < 1.29 is 18.4 Å². The Morgan fingerprint density at radius 2 is 1.94 bits per heavy atom.